The van der Waals surface area contributed by atoms with Gasteiger partial charge in [-0.15, -0.1) is 0 Å². The van der Waals surface area contributed by atoms with E-state index in [0.717, 1.165) is 48.5 Å². The van der Waals surface area contributed by atoms with Crippen molar-refractivity contribution in [2.45, 2.75) is 135 Å². The van der Waals surface area contributed by atoms with Crippen molar-refractivity contribution in [2.75, 3.05) is 19.8 Å². The second-order valence-electron chi connectivity index (χ2n) is 11.9. The van der Waals surface area contributed by atoms with E-state index in [1.165, 1.54) is 0 Å². The van der Waals surface area contributed by atoms with Gasteiger partial charge in [-0.2, -0.15) is 0 Å². The second-order valence-corrected chi connectivity index (χ2v) is 11.9. The van der Waals surface area contributed by atoms with Crippen molar-refractivity contribution in [3.8, 4) is 0 Å². The lowest BCUT2D eigenvalue weighted by atomic mass is 9.95. The van der Waals surface area contributed by atoms with E-state index in [2.05, 4.69) is 5.32 Å². The molecule has 2 aliphatic heterocycles. The number of rotatable bonds is 17. The van der Waals surface area contributed by atoms with Gasteiger partial charge in [0.25, 0.3) is 0 Å². The molecule has 2 rings (SSSR count). The zero-order chi connectivity index (χ0) is 39.1. The fourth-order valence-corrected chi connectivity index (χ4v) is 5.47. The Morgan fingerprint density at radius 2 is 0.962 bits per heavy atom. The van der Waals surface area contributed by atoms with Crippen molar-refractivity contribution >= 4 is 47.7 Å². The van der Waals surface area contributed by atoms with Crippen LogP contribution in [-0.4, -0.2) is 129 Å². The smallest absolute Gasteiger partial charge is 0.303 e. The zero-order valence-corrected chi connectivity index (χ0v) is 30.1. The van der Waals surface area contributed by atoms with Crippen LogP contribution in [-0.2, 0) is 85.7 Å². The summed E-state index contributed by atoms with van der Waals surface area (Å²) in [5.41, 5.74) is 5.53. The molecule has 2 aliphatic rings. The summed E-state index contributed by atoms with van der Waals surface area (Å²) in [6.07, 6.45) is -14.0. The van der Waals surface area contributed by atoms with Gasteiger partial charge in [-0.05, 0) is 19.4 Å². The molecule has 0 aromatic carbocycles. The van der Waals surface area contributed by atoms with Crippen molar-refractivity contribution in [3.05, 3.63) is 0 Å². The number of unbranched alkanes of at least 4 members (excludes halogenated alkanes) is 2. The molecular weight excluding hydrogens is 700 g/mol. The number of nitrogens with one attached hydrogen (secondary N) is 1. The van der Waals surface area contributed by atoms with Gasteiger partial charge in [0.05, 0.1) is 0 Å². The fraction of sp³-hybridized carbons (Fsp3) is 0.750. The molecule has 0 bridgehead atoms. The number of esters is 7. The van der Waals surface area contributed by atoms with Crippen LogP contribution in [0.15, 0.2) is 0 Å². The quantitative estimate of drug-likeness (QED) is 0.105. The van der Waals surface area contributed by atoms with E-state index in [1.54, 1.807) is 0 Å². The molecular formula is C32H48N2O18. The maximum Gasteiger partial charge on any atom is 0.303 e. The molecule has 294 valence electrons. The predicted molar refractivity (Wildman–Crippen MR) is 169 cm³/mol. The number of ether oxygens (including phenoxy) is 10. The van der Waals surface area contributed by atoms with Crippen LogP contribution in [0.5, 0.6) is 0 Å². The van der Waals surface area contributed by atoms with Gasteiger partial charge in [-0.3, -0.25) is 38.4 Å². The summed E-state index contributed by atoms with van der Waals surface area (Å²) in [7, 11) is 0. The largest absolute Gasteiger partial charge is 0.463 e. The molecule has 10 atom stereocenters. The molecule has 3 N–H and O–H groups in total. The molecule has 0 aromatic rings. The van der Waals surface area contributed by atoms with Crippen LogP contribution in [0.2, 0.25) is 0 Å². The van der Waals surface area contributed by atoms with Gasteiger partial charge in [-0.25, -0.2) is 0 Å². The third kappa shape index (κ3) is 14.3. The molecule has 52 heavy (non-hydrogen) atoms. The van der Waals surface area contributed by atoms with Gasteiger partial charge in [-0.1, -0.05) is 6.42 Å². The van der Waals surface area contributed by atoms with Crippen molar-refractivity contribution in [1.82, 2.24) is 5.32 Å². The van der Waals surface area contributed by atoms with E-state index in [0.29, 0.717) is 25.8 Å². The normalized spacial score (nSPS) is 28.3. The Balaban J connectivity index is 2.69. The summed E-state index contributed by atoms with van der Waals surface area (Å²) >= 11 is 0. The summed E-state index contributed by atoms with van der Waals surface area (Å²) in [6, 6.07) is 0. The van der Waals surface area contributed by atoms with E-state index in [-0.39, 0.29) is 6.42 Å². The van der Waals surface area contributed by atoms with E-state index in [4.69, 9.17) is 53.1 Å². The molecule has 0 unspecified atom stereocenters. The van der Waals surface area contributed by atoms with Gasteiger partial charge in [0.15, 0.2) is 43.0 Å². The Hall–Kier alpha value is -4.40. The first-order chi connectivity index (χ1) is 24.4. The average molecular weight is 749 g/mol. The molecule has 0 aliphatic carbocycles. The first-order valence-corrected chi connectivity index (χ1v) is 16.5. The minimum absolute atomic E-state index is 0.0319. The van der Waals surface area contributed by atoms with Crippen LogP contribution in [0, 0.1) is 0 Å². The lowest BCUT2D eigenvalue weighted by molar-refractivity contribution is -0.345. The lowest BCUT2D eigenvalue weighted by Crippen LogP contribution is -2.68. The van der Waals surface area contributed by atoms with Gasteiger partial charge < -0.3 is 58.4 Å². The van der Waals surface area contributed by atoms with E-state index < -0.39 is 122 Å². The Morgan fingerprint density at radius 1 is 0.519 bits per heavy atom. The Bertz CT molecular complexity index is 1290. The fourth-order valence-electron chi connectivity index (χ4n) is 5.47. The first kappa shape index (κ1) is 43.8. The van der Waals surface area contributed by atoms with Crippen molar-refractivity contribution < 1.29 is 85.7 Å². The highest BCUT2D eigenvalue weighted by atomic mass is 16.8. The Labute approximate surface area is 299 Å². The highest BCUT2D eigenvalue weighted by Crippen LogP contribution is 2.35. The molecule has 2 heterocycles. The first-order valence-electron chi connectivity index (χ1n) is 16.5. The number of carbonyl (C=O) groups excluding carboxylic acids is 8. The monoisotopic (exact) mass is 748 g/mol. The summed E-state index contributed by atoms with van der Waals surface area (Å²) in [6.45, 7) is 6.64. The minimum atomic E-state index is -1.82. The van der Waals surface area contributed by atoms with E-state index in [9.17, 15) is 38.4 Å². The van der Waals surface area contributed by atoms with Gasteiger partial charge in [0.2, 0.25) is 5.91 Å². The predicted octanol–water partition coefficient (Wildman–Crippen LogP) is -0.759. The molecule has 0 aromatic heterocycles. The van der Waals surface area contributed by atoms with Crippen molar-refractivity contribution in [1.29, 1.82) is 0 Å². The topological polar surface area (TPSA) is 267 Å². The van der Waals surface area contributed by atoms with E-state index in [1.807, 2.05) is 0 Å². The molecule has 0 spiro atoms. The molecule has 20 nitrogen and oxygen atoms in total. The highest BCUT2D eigenvalue weighted by Gasteiger charge is 2.57. The summed E-state index contributed by atoms with van der Waals surface area (Å²) < 4.78 is 56.1. The van der Waals surface area contributed by atoms with Crippen LogP contribution < -0.4 is 11.1 Å². The number of carbonyl (C=O) groups is 8. The number of hydrogen-bond acceptors (Lipinski definition) is 19. The third-order valence-electron chi connectivity index (χ3n) is 7.34. The average Bonchev–Trinajstić information content (AvgIpc) is 3.01. The molecule has 0 radical (unpaired) electrons. The van der Waals surface area contributed by atoms with Crippen LogP contribution >= 0.6 is 0 Å². The van der Waals surface area contributed by atoms with Crippen LogP contribution in [0.4, 0.5) is 0 Å². The highest BCUT2D eigenvalue weighted by molar-refractivity contribution is 5.76. The van der Waals surface area contributed by atoms with Gasteiger partial charge in [0.1, 0.15) is 31.5 Å². The maximum atomic E-state index is 13.0. The lowest BCUT2D eigenvalue weighted by Gasteiger charge is -2.48. The number of hydrogen-bond donors (Lipinski definition) is 2. The summed E-state index contributed by atoms with van der Waals surface area (Å²) in [4.78, 5) is 98.4. The Morgan fingerprint density at radius 3 is 1.44 bits per heavy atom. The minimum Gasteiger partial charge on any atom is -0.463 e. The molecule has 2 saturated heterocycles. The van der Waals surface area contributed by atoms with Crippen LogP contribution in [0.1, 0.15) is 74.1 Å². The molecule has 1 amide bonds. The SMILES string of the molecule is CC(=O)OC[C@H]1O[C@@H](NC(=O)CCCCCN)[C@H](OC(C)=O)[C@@H](OC(C)=O)[C@@H]1O[C@@H]1O[C@H](COC(C)=O)[C@@H](OC(C)=O)[C@H](OC(C)=O)[C@H]1OC(C)=O. The van der Waals surface area contributed by atoms with Crippen molar-refractivity contribution in [2.24, 2.45) is 5.73 Å². The van der Waals surface area contributed by atoms with Crippen LogP contribution in [0.25, 0.3) is 0 Å². The molecule has 0 saturated carbocycles. The van der Waals surface area contributed by atoms with Crippen LogP contribution in [0.3, 0.4) is 0 Å². The molecule has 2 fully saturated rings. The number of nitrogens with two attached hydrogens (primary N) is 1. The zero-order valence-electron chi connectivity index (χ0n) is 30.1. The number of amides is 1. The Kier molecular flexibility index (Phi) is 17.8. The molecule has 20 heteroatoms. The van der Waals surface area contributed by atoms with E-state index >= 15 is 0 Å². The summed E-state index contributed by atoms with van der Waals surface area (Å²) in [5.74, 6) is -6.54. The van der Waals surface area contributed by atoms with Crippen molar-refractivity contribution in [3.63, 3.8) is 0 Å². The standard InChI is InChI=1S/C32H48N2O18/c1-15(35)43-13-22-26(27(46-18(4)38)29(48-20(6)40)31(50-22)34-24(42)11-9-8-10-12-33)52-32-30(49-21(7)41)28(47-19(5)39)25(45-17(3)37)23(51-32)14-44-16(2)36/h22-23,25-32H,8-14,33H2,1-7H3,(H,34,42)/t22-,23-,25-,26-,27+,28+,29-,30-,31-,32+/m1/s1. The second kappa shape index (κ2) is 21.2. The van der Waals surface area contributed by atoms with Gasteiger partial charge >= 0.3 is 41.8 Å². The maximum absolute atomic E-state index is 13.0. The summed E-state index contributed by atoms with van der Waals surface area (Å²) in [5, 5.41) is 2.61. The van der Waals surface area contributed by atoms with Gasteiger partial charge in [0, 0.05) is 54.9 Å². The third-order valence-corrected chi connectivity index (χ3v) is 7.34.